The summed E-state index contributed by atoms with van der Waals surface area (Å²) < 4.78 is 26.8. The first-order valence-electron chi connectivity index (χ1n) is 6.82. The van der Waals surface area contributed by atoms with Crippen molar-refractivity contribution >= 4 is 38.1 Å². The van der Waals surface area contributed by atoms with E-state index in [4.69, 9.17) is 0 Å². The van der Waals surface area contributed by atoms with Crippen LogP contribution in [0.4, 0.5) is 10.8 Å². The second kappa shape index (κ2) is 6.25. The Hall–Kier alpha value is -2.00. The summed E-state index contributed by atoms with van der Waals surface area (Å²) in [6.07, 6.45) is 0. The number of benzene rings is 1. The number of carbonyl (C=O) groups excluding carboxylic acids is 1. The fourth-order valence-corrected chi connectivity index (χ4v) is 3.76. The maximum Gasteiger partial charge on any atom is 0.291 e. The zero-order valence-corrected chi connectivity index (χ0v) is 14.9. The minimum absolute atomic E-state index is 0.0100. The lowest BCUT2D eigenvalue weighted by atomic mass is 9.87. The van der Waals surface area contributed by atoms with Crippen molar-refractivity contribution in [3.8, 4) is 0 Å². The minimum Gasteiger partial charge on any atom is -0.301 e. The second-order valence-electron chi connectivity index (χ2n) is 5.99. The lowest BCUT2D eigenvalue weighted by Gasteiger charge is -2.19. The lowest BCUT2D eigenvalue weighted by molar-refractivity contribution is -0.114. The Balaban J connectivity index is 2.18. The molecule has 0 fully saturated rings. The molecule has 0 atom stereocenters. The monoisotopic (exact) mass is 354 g/mol. The van der Waals surface area contributed by atoms with E-state index in [1.54, 1.807) is 12.1 Å². The maximum absolute atomic E-state index is 12.3. The minimum atomic E-state index is -3.83. The molecule has 0 saturated carbocycles. The number of aromatic nitrogens is 2. The molecule has 7 nitrogen and oxygen atoms in total. The Labute approximate surface area is 139 Å². The van der Waals surface area contributed by atoms with Crippen molar-refractivity contribution in [1.82, 2.24) is 10.2 Å². The molecule has 2 rings (SSSR count). The Morgan fingerprint density at radius 3 is 2.26 bits per heavy atom. The molecule has 0 aliphatic heterocycles. The van der Waals surface area contributed by atoms with Crippen LogP contribution in [0.5, 0.6) is 0 Å². The van der Waals surface area contributed by atoms with Gasteiger partial charge >= 0.3 is 0 Å². The first kappa shape index (κ1) is 17.4. The smallest absolute Gasteiger partial charge is 0.291 e. The van der Waals surface area contributed by atoms with Gasteiger partial charge in [-0.15, -0.1) is 10.2 Å². The standard InChI is InChI=1S/C14H18N4O3S2/c1-9(19)15-12-16-17-13(22-12)23(20,21)18-11-7-5-10(6-8-11)14(2,3)4/h5-8,18H,1-4H3,(H,15,16,19). The van der Waals surface area contributed by atoms with E-state index in [0.717, 1.165) is 16.9 Å². The number of anilines is 2. The maximum atomic E-state index is 12.3. The fourth-order valence-electron chi connectivity index (χ4n) is 1.76. The molecule has 9 heteroatoms. The van der Waals surface area contributed by atoms with Crippen molar-refractivity contribution in [1.29, 1.82) is 0 Å². The number of rotatable bonds is 4. The number of sulfonamides is 1. The number of carbonyl (C=O) groups is 1. The summed E-state index contributed by atoms with van der Waals surface area (Å²) in [5.74, 6) is -0.337. The molecule has 0 aliphatic rings. The SMILES string of the molecule is CC(=O)Nc1nnc(S(=O)(=O)Nc2ccc(C(C)(C)C)cc2)s1. The normalized spacial score (nSPS) is 12.0. The first-order valence-corrected chi connectivity index (χ1v) is 9.12. The fraction of sp³-hybridized carbons (Fsp3) is 0.357. The van der Waals surface area contributed by atoms with Gasteiger partial charge in [0.1, 0.15) is 0 Å². The lowest BCUT2D eigenvalue weighted by Crippen LogP contribution is -2.14. The van der Waals surface area contributed by atoms with E-state index in [1.165, 1.54) is 6.92 Å². The molecule has 0 saturated heterocycles. The summed E-state index contributed by atoms with van der Waals surface area (Å²) >= 11 is 0.790. The summed E-state index contributed by atoms with van der Waals surface area (Å²) in [5, 5.41) is 9.76. The van der Waals surface area contributed by atoms with E-state index in [-0.39, 0.29) is 20.8 Å². The van der Waals surface area contributed by atoms with Crippen molar-refractivity contribution in [3.63, 3.8) is 0 Å². The highest BCUT2D eigenvalue weighted by atomic mass is 32.2. The van der Waals surface area contributed by atoms with Crippen LogP contribution in [0.1, 0.15) is 33.3 Å². The van der Waals surface area contributed by atoms with Crippen molar-refractivity contribution < 1.29 is 13.2 Å². The predicted molar refractivity (Wildman–Crippen MR) is 90.2 cm³/mol. The highest BCUT2D eigenvalue weighted by Crippen LogP contribution is 2.26. The van der Waals surface area contributed by atoms with Gasteiger partial charge in [-0.25, -0.2) is 0 Å². The number of nitrogens with one attached hydrogen (secondary N) is 2. The Morgan fingerprint density at radius 2 is 1.74 bits per heavy atom. The van der Waals surface area contributed by atoms with Crippen LogP contribution in [0.15, 0.2) is 28.6 Å². The van der Waals surface area contributed by atoms with Gasteiger partial charge in [-0.2, -0.15) is 8.42 Å². The summed E-state index contributed by atoms with van der Waals surface area (Å²) in [5.41, 5.74) is 1.53. The van der Waals surface area contributed by atoms with Crippen molar-refractivity contribution in [2.24, 2.45) is 0 Å². The quantitative estimate of drug-likeness (QED) is 0.822. The van der Waals surface area contributed by atoms with Gasteiger partial charge in [0.05, 0.1) is 0 Å². The molecular formula is C14H18N4O3S2. The van der Waals surface area contributed by atoms with Gasteiger partial charge in [0.2, 0.25) is 11.0 Å². The molecule has 0 spiro atoms. The van der Waals surface area contributed by atoms with Gasteiger partial charge in [-0.3, -0.25) is 9.52 Å². The molecule has 23 heavy (non-hydrogen) atoms. The van der Waals surface area contributed by atoms with Gasteiger partial charge in [0.25, 0.3) is 14.4 Å². The zero-order valence-electron chi connectivity index (χ0n) is 13.2. The molecule has 1 aromatic heterocycles. The van der Waals surface area contributed by atoms with Crippen LogP contribution in [0.2, 0.25) is 0 Å². The van der Waals surface area contributed by atoms with Gasteiger partial charge in [-0.05, 0) is 23.1 Å². The Morgan fingerprint density at radius 1 is 1.13 bits per heavy atom. The number of hydrogen-bond donors (Lipinski definition) is 2. The molecule has 0 bridgehead atoms. The van der Waals surface area contributed by atoms with Crippen LogP contribution < -0.4 is 10.0 Å². The summed E-state index contributed by atoms with van der Waals surface area (Å²) in [4.78, 5) is 10.9. The van der Waals surface area contributed by atoms with E-state index >= 15 is 0 Å². The van der Waals surface area contributed by atoms with Crippen LogP contribution in [-0.2, 0) is 20.2 Å². The molecule has 2 N–H and O–H groups in total. The van der Waals surface area contributed by atoms with E-state index < -0.39 is 10.0 Å². The number of nitrogens with zero attached hydrogens (tertiary/aromatic N) is 2. The molecule has 0 unspecified atom stereocenters. The Bertz CT molecular complexity index is 805. The van der Waals surface area contributed by atoms with Crippen molar-refractivity contribution in [3.05, 3.63) is 29.8 Å². The molecular weight excluding hydrogens is 336 g/mol. The van der Waals surface area contributed by atoms with E-state index in [0.29, 0.717) is 5.69 Å². The highest BCUT2D eigenvalue weighted by molar-refractivity contribution is 7.94. The average Bonchev–Trinajstić information content (AvgIpc) is 2.86. The van der Waals surface area contributed by atoms with Crippen molar-refractivity contribution in [2.75, 3.05) is 10.0 Å². The molecule has 1 amide bonds. The van der Waals surface area contributed by atoms with Crippen LogP contribution in [0.25, 0.3) is 0 Å². The molecule has 0 radical (unpaired) electrons. The topological polar surface area (TPSA) is 101 Å². The Kier molecular flexibility index (Phi) is 4.71. The van der Waals surface area contributed by atoms with Crippen LogP contribution in [-0.4, -0.2) is 24.5 Å². The third-order valence-electron chi connectivity index (χ3n) is 2.92. The second-order valence-corrected chi connectivity index (χ2v) is 8.82. The number of amides is 1. The van der Waals surface area contributed by atoms with Gasteiger partial charge in [-0.1, -0.05) is 44.2 Å². The van der Waals surface area contributed by atoms with Crippen LogP contribution >= 0.6 is 11.3 Å². The van der Waals surface area contributed by atoms with E-state index in [9.17, 15) is 13.2 Å². The molecule has 1 heterocycles. The molecule has 1 aromatic carbocycles. The largest absolute Gasteiger partial charge is 0.301 e. The summed E-state index contributed by atoms with van der Waals surface area (Å²) in [6.45, 7) is 7.55. The van der Waals surface area contributed by atoms with Crippen LogP contribution in [0, 0.1) is 0 Å². The summed E-state index contributed by atoms with van der Waals surface area (Å²) in [7, 11) is -3.83. The third-order valence-corrected chi connectivity index (χ3v) is 5.51. The molecule has 2 aromatic rings. The van der Waals surface area contributed by atoms with Gasteiger partial charge in [0, 0.05) is 12.6 Å². The molecule has 0 aliphatic carbocycles. The van der Waals surface area contributed by atoms with Gasteiger partial charge < -0.3 is 5.32 Å². The number of hydrogen-bond acceptors (Lipinski definition) is 6. The highest BCUT2D eigenvalue weighted by Gasteiger charge is 2.21. The zero-order chi connectivity index (χ0) is 17.3. The predicted octanol–water partition coefficient (Wildman–Crippen LogP) is 2.59. The first-order chi connectivity index (χ1) is 10.6. The van der Waals surface area contributed by atoms with Gasteiger partial charge in [0.15, 0.2) is 0 Å². The average molecular weight is 354 g/mol. The van der Waals surface area contributed by atoms with Crippen LogP contribution in [0.3, 0.4) is 0 Å². The van der Waals surface area contributed by atoms with Crippen molar-refractivity contribution in [2.45, 2.75) is 37.4 Å². The summed E-state index contributed by atoms with van der Waals surface area (Å²) in [6, 6.07) is 7.16. The molecule has 124 valence electrons. The van der Waals surface area contributed by atoms with E-state index in [2.05, 4.69) is 41.0 Å². The third kappa shape index (κ3) is 4.49. The van der Waals surface area contributed by atoms with E-state index in [1.807, 2.05) is 12.1 Å².